The van der Waals surface area contributed by atoms with E-state index in [0.717, 1.165) is 10.6 Å². The molecule has 3 N–H and O–H groups in total. The smallest absolute Gasteiger partial charge is 0.337 e. The number of benzene rings is 1. The maximum Gasteiger partial charge on any atom is 0.337 e. The molecule has 0 unspecified atom stereocenters. The third-order valence-electron chi connectivity index (χ3n) is 3.03. The highest BCUT2D eigenvalue weighted by Crippen LogP contribution is 2.09. The number of methoxy groups -OCH3 is 1. The number of carbonyl (C=O) groups excluding carboxylic acids is 2. The number of carbonyl (C=O) groups is 2. The molecule has 22 heavy (non-hydrogen) atoms. The van der Waals surface area contributed by atoms with Crippen molar-refractivity contribution in [2.45, 2.75) is 13.0 Å². The van der Waals surface area contributed by atoms with Crippen LogP contribution in [0.15, 0.2) is 29.6 Å². The largest absolute Gasteiger partial charge is 0.465 e. The molecule has 2 aromatic rings. The molecule has 0 radical (unpaired) electrons. The van der Waals surface area contributed by atoms with Gasteiger partial charge in [-0.05, 0) is 24.1 Å². The number of nitrogens with one attached hydrogen (secondary N) is 1. The van der Waals surface area contributed by atoms with Gasteiger partial charge < -0.3 is 15.8 Å². The first kappa shape index (κ1) is 16.1. The molecule has 0 aliphatic heterocycles. The highest BCUT2D eigenvalue weighted by atomic mass is 32.1. The number of rotatable bonds is 6. The summed E-state index contributed by atoms with van der Waals surface area (Å²) in [4.78, 5) is 27.3. The molecule has 0 bridgehead atoms. The molecule has 1 heterocycles. The number of hydrogen-bond acceptors (Lipinski definition) is 6. The molecular formula is C15H17N3O3S. The second kappa shape index (κ2) is 7.67. The van der Waals surface area contributed by atoms with Gasteiger partial charge in [-0.1, -0.05) is 12.1 Å². The summed E-state index contributed by atoms with van der Waals surface area (Å²) in [7, 11) is 1.35. The van der Waals surface area contributed by atoms with Crippen LogP contribution in [0.25, 0.3) is 0 Å². The summed E-state index contributed by atoms with van der Waals surface area (Å²) in [5.41, 5.74) is 7.39. The zero-order valence-corrected chi connectivity index (χ0v) is 13.0. The summed E-state index contributed by atoms with van der Waals surface area (Å²) in [5, 5.41) is 5.24. The van der Waals surface area contributed by atoms with Gasteiger partial charge in [0.05, 0.1) is 12.7 Å². The van der Waals surface area contributed by atoms with Gasteiger partial charge in [-0.3, -0.25) is 4.79 Å². The molecule has 7 heteroatoms. The van der Waals surface area contributed by atoms with Gasteiger partial charge in [-0.15, -0.1) is 11.3 Å². The summed E-state index contributed by atoms with van der Waals surface area (Å²) < 4.78 is 4.64. The summed E-state index contributed by atoms with van der Waals surface area (Å²) in [6.07, 6.45) is 0.668. The third-order valence-corrected chi connectivity index (χ3v) is 3.90. The second-order valence-electron chi connectivity index (χ2n) is 4.53. The van der Waals surface area contributed by atoms with Crippen LogP contribution in [0.3, 0.4) is 0 Å². The number of esters is 1. The van der Waals surface area contributed by atoms with E-state index >= 15 is 0 Å². The van der Waals surface area contributed by atoms with Crippen molar-refractivity contribution < 1.29 is 14.3 Å². The van der Waals surface area contributed by atoms with E-state index in [0.29, 0.717) is 30.8 Å². The highest BCUT2D eigenvalue weighted by Gasteiger charge is 2.09. The van der Waals surface area contributed by atoms with Crippen molar-refractivity contribution in [3.8, 4) is 0 Å². The molecule has 0 aliphatic carbocycles. The number of thiazole rings is 1. The highest BCUT2D eigenvalue weighted by molar-refractivity contribution is 7.09. The topological polar surface area (TPSA) is 94.3 Å². The van der Waals surface area contributed by atoms with Crippen molar-refractivity contribution in [2.24, 2.45) is 5.73 Å². The van der Waals surface area contributed by atoms with E-state index < -0.39 is 0 Å². The van der Waals surface area contributed by atoms with E-state index in [2.05, 4.69) is 15.0 Å². The fraction of sp³-hybridized carbons (Fsp3) is 0.267. The fourth-order valence-corrected chi connectivity index (χ4v) is 2.50. The number of hydrogen-bond donors (Lipinski definition) is 2. The SMILES string of the molecule is COC(=O)c1ccc(CCNC(=O)c2csc(CN)n2)cc1. The van der Waals surface area contributed by atoms with Gasteiger partial charge in [0.1, 0.15) is 10.7 Å². The minimum absolute atomic E-state index is 0.206. The Labute approximate surface area is 132 Å². The van der Waals surface area contributed by atoms with Crippen LogP contribution in [0, 0.1) is 0 Å². The maximum absolute atomic E-state index is 11.9. The van der Waals surface area contributed by atoms with Crippen LogP contribution in [-0.2, 0) is 17.7 Å². The van der Waals surface area contributed by atoms with Crippen LogP contribution in [0.2, 0.25) is 0 Å². The average Bonchev–Trinajstić information content (AvgIpc) is 3.04. The van der Waals surface area contributed by atoms with Gasteiger partial charge in [0.2, 0.25) is 0 Å². The van der Waals surface area contributed by atoms with Gasteiger partial charge in [-0.25, -0.2) is 9.78 Å². The van der Waals surface area contributed by atoms with Crippen LogP contribution < -0.4 is 11.1 Å². The van der Waals surface area contributed by atoms with E-state index in [9.17, 15) is 9.59 Å². The minimum atomic E-state index is -0.362. The summed E-state index contributed by atoms with van der Waals surface area (Å²) in [6, 6.07) is 7.09. The van der Waals surface area contributed by atoms with E-state index in [1.54, 1.807) is 17.5 Å². The lowest BCUT2D eigenvalue weighted by Crippen LogP contribution is -2.26. The van der Waals surface area contributed by atoms with Crippen LogP contribution in [-0.4, -0.2) is 30.5 Å². The Morgan fingerprint density at radius 1 is 1.32 bits per heavy atom. The summed E-state index contributed by atoms with van der Waals surface area (Å²) >= 11 is 1.37. The first-order valence-corrected chi connectivity index (χ1v) is 7.62. The standard InChI is InChI=1S/C15H17N3O3S/c1-21-15(20)11-4-2-10(3-5-11)6-7-17-14(19)12-9-22-13(8-16)18-12/h2-5,9H,6-8,16H2,1H3,(H,17,19). The predicted octanol–water partition coefficient (Wildman–Crippen LogP) is 1.36. The molecule has 0 atom stereocenters. The van der Waals surface area contributed by atoms with Crippen molar-refractivity contribution in [2.75, 3.05) is 13.7 Å². The van der Waals surface area contributed by atoms with E-state index in [4.69, 9.17) is 5.73 Å². The third kappa shape index (κ3) is 4.12. The summed E-state index contributed by atoms with van der Waals surface area (Å²) in [5.74, 6) is -0.568. The zero-order chi connectivity index (χ0) is 15.9. The molecule has 1 aromatic heterocycles. The normalized spacial score (nSPS) is 10.3. The molecule has 0 saturated carbocycles. The van der Waals surface area contributed by atoms with Crippen LogP contribution in [0.5, 0.6) is 0 Å². The molecule has 0 saturated heterocycles. The summed E-state index contributed by atoms with van der Waals surface area (Å²) in [6.45, 7) is 0.830. The van der Waals surface area contributed by atoms with Crippen molar-refractivity contribution in [1.82, 2.24) is 10.3 Å². The molecule has 0 spiro atoms. The number of aromatic nitrogens is 1. The molecule has 0 fully saturated rings. The van der Waals surface area contributed by atoms with E-state index in [1.807, 2.05) is 12.1 Å². The lowest BCUT2D eigenvalue weighted by Gasteiger charge is -2.05. The van der Waals surface area contributed by atoms with E-state index in [-0.39, 0.29) is 11.9 Å². The molecule has 1 amide bonds. The second-order valence-corrected chi connectivity index (χ2v) is 5.47. The van der Waals surface area contributed by atoms with Crippen molar-refractivity contribution in [3.05, 3.63) is 51.5 Å². The number of amides is 1. The Hall–Kier alpha value is -2.25. The molecular weight excluding hydrogens is 302 g/mol. The van der Waals surface area contributed by atoms with Crippen LogP contribution >= 0.6 is 11.3 Å². The van der Waals surface area contributed by atoms with Crippen LogP contribution in [0.4, 0.5) is 0 Å². The van der Waals surface area contributed by atoms with Gasteiger partial charge in [0, 0.05) is 18.5 Å². The molecule has 1 aromatic carbocycles. The lowest BCUT2D eigenvalue weighted by atomic mass is 10.1. The maximum atomic E-state index is 11.9. The zero-order valence-electron chi connectivity index (χ0n) is 12.2. The Kier molecular flexibility index (Phi) is 5.62. The molecule has 116 valence electrons. The first-order valence-electron chi connectivity index (χ1n) is 6.74. The van der Waals surface area contributed by atoms with Gasteiger partial charge >= 0.3 is 5.97 Å². The first-order chi connectivity index (χ1) is 10.6. The van der Waals surface area contributed by atoms with Gasteiger partial charge in [-0.2, -0.15) is 0 Å². The molecule has 6 nitrogen and oxygen atoms in total. The monoisotopic (exact) mass is 319 g/mol. The Bertz CT molecular complexity index is 652. The number of nitrogens with zero attached hydrogens (tertiary/aromatic N) is 1. The minimum Gasteiger partial charge on any atom is -0.465 e. The van der Waals surface area contributed by atoms with Crippen molar-refractivity contribution in [3.63, 3.8) is 0 Å². The number of ether oxygens (including phenoxy) is 1. The number of nitrogens with two attached hydrogens (primary N) is 1. The average molecular weight is 319 g/mol. The fourth-order valence-electron chi connectivity index (χ4n) is 1.85. The Morgan fingerprint density at radius 3 is 2.64 bits per heavy atom. The Morgan fingerprint density at radius 2 is 2.05 bits per heavy atom. The quantitative estimate of drug-likeness (QED) is 0.784. The Balaban J connectivity index is 1.83. The van der Waals surface area contributed by atoms with Crippen molar-refractivity contribution in [1.29, 1.82) is 0 Å². The molecule has 2 rings (SSSR count). The predicted molar refractivity (Wildman–Crippen MR) is 83.8 cm³/mol. The van der Waals surface area contributed by atoms with Crippen LogP contribution in [0.1, 0.15) is 31.4 Å². The van der Waals surface area contributed by atoms with Gasteiger partial charge in [0.25, 0.3) is 5.91 Å². The van der Waals surface area contributed by atoms with Gasteiger partial charge in [0.15, 0.2) is 0 Å². The lowest BCUT2D eigenvalue weighted by molar-refractivity contribution is 0.0600. The molecule has 0 aliphatic rings. The van der Waals surface area contributed by atoms with Crippen molar-refractivity contribution >= 4 is 23.2 Å². The van der Waals surface area contributed by atoms with E-state index in [1.165, 1.54) is 18.4 Å².